The first-order chi connectivity index (χ1) is 13.9. The van der Waals surface area contributed by atoms with Crippen molar-refractivity contribution in [2.45, 2.75) is 50.5 Å². The molecule has 0 saturated heterocycles. The molecule has 1 atom stereocenters. The van der Waals surface area contributed by atoms with Gasteiger partial charge in [0.25, 0.3) is 5.91 Å². The van der Waals surface area contributed by atoms with Crippen molar-refractivity contribution < 1.29 is 23.4 Å². The van der Waals surface area contributed by atoms with Crippen molar-refractivity contribution in [3.63, 3.8) is 0 Å². The summed E-state index contributed by atoms with van der Waals surface area (Å²) < 4.78 is 33.6. The number of amides is 1. The van der Waals surface area contributed by atoms with Crippen LogP contribution in [0.1, 0.15) is 44.6 Å². The molecule has 2 aromatic carbocycles. The number of anilines is 2. The highest BCUT2D eigenvalue weighted by atomic mass is 19.1. The van der Waals surface area contributed by atoms with E-state index in [-0.39, 0.29) is 23.4 Å². The normalized spacial score (nSPS) is 20.2. The highest BCUT2D eigenvalue weighted by Gasteiger charge is 2.33. The largest absolute Gasteiger partial charge is 0.508 e. The molecule has 29 heavy (non-hydrogen) atoms. The first kappa shape index (κ1) is 19.5. The zero-order valence-corrected chi connectivity index (χ0v) is 16.2. The van der Waals surface area contributed by atoms with Crippen LogP contribution in [0.25, 0.3) is 0 Å². The Balaban J connectivity index is 1.50. The lowest BCUT2D eigenvalue weighted by Gasteiger charge is -2.34. The highest BCUT2D eigenvalue weighted by Crippen LogP contribution is 2.44. The van der Waals surface area contributed by atoms with Gasteiger partial charge in [0.2, 0.25) is 0 Å². The van der Waals surface area contributed by atoms with Crippen LogP contribution in [0.3, 0.4) is 0 Å². The van der Waals surface area contributed by atoms with Gasteiger partial charge in [0.1, 0.15) is 23.1 Å². The van der Waals surface area contributed by atoms with Gasteiger partial charge in [-0.3, -0.25) is 4.79 Å². The van der Waals surface area contributed by atoms with Gasteiger partial charge < -0.3 is 20.5 Å². The second-order valence-electron chi connectivity index (χ2n) is 8.09. The minimum Gasteiger partial charge on any atom is -0.508 e. The third kappa shape index (κ3) is 3.86. The van der Waals surface area contributed by atoms with Crippen LogP contribution >= 0.6 is 0 Å². The van der Waals surface area contributed by atoms with Crippen LogP contribution in [-0.4, -0.2) is 23.7 Å². The Hall–Kier alpha value is -2.83. The van der Waals surface area contributed by atoms with Crippen LogP contribution in [0.15, 0.2) is 30.3 Å². The Morgan fingerprint density at radius 3 is 2.72 bits per heavy atom. The third-order valence-corrected chi connectivity index (χ3v) is 5.93. The first-order valence-corrected chi connectivity index (χ1v) is 9.90. The van der Waals surface area contributed by atoms with Gasteiger partial charge in [-0.1, -0.05) is 26.2 Å². The van der Waals surface area contributed by atoms with Crippen LogP contribution in [0.4, 0.5) is 20.2 Å². The molecular weight excluding hydrogens is 378 g/mol. The SMILES string of the molecule is CC1(c2cc(F)c(NC(=O)C3CNc4cc(F)ccc4O3)cc2O)CCCCC1. The molecule has 2 aromatic rings. The fourth-order valence-corrected chi connectivity index (χ4v) is 4.24. The molecule has 1 aliphatic carbocycles. The second kappa shape index (κ2) is 7.54. The van der Waals surface area contributed by atoms with Crippen molar-refractivity contribution in [1.29, 1.82) is 0 Å². The molecule has 1 fully saturated rings. The van der Waals surface area contributed by atoms with Gasteiger partial charge in [-0.05, 0) is 36.5 Å². The lowest BCUT2D eigenvalue weighted by molar-refractivity contribution is -0.122. The second-order valence-corrected chi connectivity index (χ2v) is 8.09. The number of carbonyl (C=O) groups is 1. The molecule has 0 spiro atoms. The van der Waals surface area contributed by atoms with Gasteiger partial charge >= 0.3 is 0 Å². The van der Waals surface area contributed by atoms with E-state index in [1.54, 1.807) is 0 Å². The predicted octanol–water partition coefficient (Wildman–Crippen LogP) is 4.70. The zero-order chi connectivity index (χ0) is 20.6. The predicted molar refractivity (Wildman–Crippen MR) is 106 cm³/mol. The van der Waals surface area contributed by atoms with Crippen molar-refractivity contribution in [2.75, 3.05) is 17.2 Å². The number of phenolic OH excluding ortho intramolecular Hbond substituents is 1. The number of rotatable bonds is 3. The van der Waals surface area contributed by atoms with Crippen molar-refractivity contribution in [2.24, 2.45) is 0 Å². The topological polar surface area (TPSA) is 70.6 Å². The van der Waals surface area contributed by atoms with Gasteiger partial charge in [-0.25, -0.2) is 8.78 Å². The van der Waals surface area contributed by atoms with Gasteiger partial charge in [0.15, 0.2) is 6.10 Å². The number of fused-ring (bicyclic) bond motifs is 1. The van der Waals surface area contributed by atoms with Crippen LogP contribution in [-0.2, 0) is 10.2 Å². The molecule has 0 aromatic heterocycles. The molecule has 4 rings (SSSR count). The molecule has 1 unspecified atom stereocenters. The standard InChI is InChI=1S/C22H24F2N2O3/c1-22(7-3-2-4-8-22)14-10-15(24)16(11-18(14)27)26-21(28)20-12-25-17-9-13(23)5-6-19(17)29-20/h5-6,9-11,20,25,27H,2-4,7-8,12H2,1H3,(H,26,28). The van der Waals surface area contributed by atoms with Crippen LogP contribution in [0.2, 0.25) is 0 Å². The molecule has 0 radical (unpaired) electrons. The maximum Gasteiger partial charge on any atom is 0.267 e. The maximum absolute atomic E-state index is 14.7. The third-order valence-electron chi connectivity index (χ3n) is 5.93. The number of nitrogens with one attached hydrogen (secondary N) is 2. The Morgan fingerprint density at radius 2 is 1.97 bits per heavy atom. The number of hydrogen-bond acceptors (Lipinski definition) is 4. The molecule has 1 saturated carbocycles. The molecule has 1 heterocycles. The maximum atomic E-state index is 14.7. The molecule has 1 amide bonds. The van der Waals surface area contributed by atoms with Crippen molar-refractivity contribution in [1.82, 2.24) is 0 Å². The minimum atomic E-state index is -0.912. The van der Waals surface area contributed by atoms with E-state index >= 15 is 0 Å². The van der Waals surface area contributed by atoms with E-state index in [9.17, 15) is 18.7 Å². The fraction of sp³-hybridized carbons (Fsp3) is 0.409. The van der Waals surface area contributed by atoms with E-state index in [4.69, 9.17) is 4.74 Å². The molecular formula is C22H24F2N2O3. The minimum absolute atomic E-state index is 0.0189. The highest BCUT2D eigenvalue weighted by molar-refractivity contribution is 5.95. The monoisotopic (exact) mass is 402 g/mol. The van der Waals surface area contributed by atoms with E-state index in [1.807, 2.05) is 6.92 Å². The Labute approximate surface area is 168 Å². The summed E-state index contributed by atoms with van der Waals surface area (Å²) in [7, 11) is 0. The Morgan fingerprint density at radius 1 is 1.21 bits per heavy atom. The molecule has 0 bridgehead atoms. The lowest BCUT2D eigenvalue weighted by atomic mass is 9.70. The van der Waals surface area contributed by atoms with Crippen LogP contribution < -0.4 is 15.4 Å². The van der Waals surface area contributed by atoms with Crippen molar-refractivity contribution in [3.05, 3.63) is 47.5 Å². The van der Waals surface area contributed by atoms with Gasteiger partial charge in [0.05, 0.1) is 17.9 Å². The van der Waals surface area contributed by atoms with E-state index in [0.29, 0.717) is 17.0 Å². The number of phenols is 1. The summed E-state index contributed by atoms with van der Waals surface area (Å²) in [5.41, 5.74) is 0.688. The fourth-order valence-electron chi connectivity index (χ4n) is 4.24. The summed E-state index contributed by atoms with van der Waals surface area (Å²) in [5.74, 6) is -1.23. The van der Waals surface area contributed by atoms with Crippen molar-refractivity contribution in [3.8, 4) is 11.5 Å². The van der Waals surface area contributed by atoms with E-state index in [2.05, 4.69) is 10.6 Å². The van der Waals surface area contributed by atoms with Crippen molar-refractivity contribution >= 4 is 17.3 Å². The molecule has 5 nitrogen and oxygen atoms in total. The number of aromatic hydroxyl groups is 1. The summed E-state index contributed by atoms with van der Waals surface area (Å²) in [5, 5.41) is 15.9. The molecule has 7 heteroatoms. The summed E-state index contributed by atoms with van der Waals surface area (Å²) in [4.78, 5) is 12.6. The Kier molecular flexibility index (Phi) is 5.06. The zero-order valence-electron chi connectivity index (χ0n) is 16.2. The van der Waals surface area contributed by atoms with Crippen LogP contribution in [0, 0.1) is 11.6 Å². The number of ether oxygens (including phenoxy) is 1. The number of benzene rings is 2. The lowest BCUT2D eigenvalue weighted by Crippen LogP contribution is -2.41. The van der Waals surface area contributed by atoms with Gasteiger partial charge in [-0.2, -0.15) is 0 Å². The quantitative estimate of drug-likeness (QED) is 0.696. The van der Waals surface area contributed by atoms with Gasteiger partial charge in [0, 0.05) is 17.7 Å². The first-order valence-electron chi connectivity index (χ1n) is 9.90. The van der Waals surface area contributed by atoms with E-state index < -0.39 is 23.6 Å². The Bertz CT molecular complexity index is 942. The van der Waals surface area contributed by atoms with E-state index in [1.165, 1.54) is 30.3 Å². The molecule has 154 valence electrons. The smallest absolute Gasteiger partial charge is 0.267 e. The average Bonchev–Trinajstić information content (AvgIpc) is 2.70. The number of carbonyl (C=O) groups excluding carboxylic acids is 1. The summed E-state index contributed by atoms with van der Waals surface area (Å²) in [6.07, 6.45) is 4.13. The number of hydrogen-bond donors (Lipinski definition) is 3. The summed E-state index contributed by atoms with van der Waals surface area (Å²) >= 11 is 0. The summed E-state index contributed by atoms with van der Waals surface area (Å²) in [6, 6.07) is 6.55. The molecule has 1 aliphatic heterocycles. The average molecular weight is 402 g/mol. The summed E-state index contributed by atoms with van der Waals surface area (Å²) in [6.45, 7) is 2.16. The van der Waals surface area contributed by atoms with E-state index in [0.717, 1.165) is 32.1 Å². The van der Waals surface area contributed by atoms with Gasteiger partial charge in [-0.15, -0.1) is 0 Å². The number of halogens is 2. The van der Waals surface area contributed by atoms with Crippen LogP contribution in [0.5, 0.6) is 11.5 Å². The molecule has 2 aliphatic rings. The molecule has 3 N–H and O–H groups in total.